The second-order valence-corrected chi connectivity index (χ2v) is 6.42. The highest BCUT2D eigenvalue weighted by Crippen LogP contribution is 2.44. The smallest absolute Gasteiger partial charge is 0.310 e. The van der Waals surface area contributed by atoms with Gasteiger partial charge < -0.3 is 15.2 Å². The van der Waals surface area contributed by atoms with Crippen LogP contribution >= 0.6 is 22.6 Å². The summed E-state index contributed by atoms with van der Waals surface area (Å²) in [5.74, 6) is -2.52. The molecule has 0 aliphatic carbocycles. The Bertz CT molecular complexity index is 545. The molecule has 5 nitrogen and oxygen atoms in total. The molecular weight excluding hydrogens is 373 g/mol. The lowest BCUT2D eigenvalue weighted by Crippen LogP contribution is -2.40. The molecular formula is C14H14INO4. The van der Waals surface area contributed by atoms with Crippen molar-refractivity contribution in [1.82, 2.24) is 0 Å². The van der Waals surface area contributed by atoms with Gasteiger partial charge in [-0.05, 0) is 59.7 Å². The van der Waals surface area contributed by atoms with E-state index in [9.17, 15) is 14.7 Å². The number of carbonyl (C=O) groups is 2. The van der Waals surface area contributed by atoms with Crippen LogP contribution in [0.15, 0.2) is 24.3 Å². The lowest BCUT2D eigenvalue weighted by Gasteiger charge is -2.23. The Morgan fingerprint density at radius 1 is 1.15 bits per heavy atom. The van der Waals surface area contributed by atoms with Gasteiger partial charge in [0.2, 0.25) is 5.91 Å². The van der Waals surface area contributed by atoms with Crippen molar-refractivity contribution in [2.45, 2.75) is 25.0 Å². The summed E-state index contributed by atoms with van der Waals surface area (Å²) in [7, 11) is 0. The van der Waals surface area contributed by atoms with E-state index in [1.807, 2.05) is 24.3 Å². The summed E-state index contributed by atoms with van der Waals surface area (Å²) in [5, 5.41) is 12.1. The minimum absolute atomic E-state index is 0.259. The van der Waals surface area contributed by atoms with Crippen LogP contribution in [-0.2, 0) is 14.3 Å². The molecule has 1 aromatic rings. The van der Waals surface area contributed by atoms with Crippen molar-refractivity contribution in [1.29, 1.82) is 0 Å². The largest absolute Gasteiger partial charge is 0.481 e. The number of halogens is 1. The highest BCUT2D eigenvalue weighted by Gasteiger charge is 2.55. The van der Waals surface area contributed by atoms with E-state index in [1.54, 1.807) is 0 Å². The van der Waals surface area contributed by atoms with E-state index in [1.165, 1.54) is 0 Å². The zero-order valence-corrected chi connectivity index (χ0v) is 12.7. The molecule has 0 unspecified atom stereocenters. The van der Waals surface area contributed by atoms with E-state index < -0.39 is 17.8 Å². The lowest BCUT2D eigenvalue weighted by atomic mass is 9.78. The third kappa shape index (κ3) is 2.42. The predicted octanol–water partition coefficient (Wildman–Crippen LogP) is 2.11. The number of hydrogen-bond acceptors (Lipinski definition) is 3. The lowest BCUT2D eigenvalue weighted by molar-refractivity contribution is -0.147. The molecule has 2 saturated heterocycles. The molecule has 2 aliphatic heterocycles. The number of hydrogen-bond donors (Lipinski definition) is 2. The third-order valence-electron chi connectivity index (χ3n) is 3.97. The number of benzene rings is 1. The first-order chi connectivity index (χ1) is 9.56. The summed E-state index contributed by atoms with van der Waals surface area (Å²) in [6, 6.07) is 7.40. The minimum atomic E-state index is -0.944. The average Bonchev–Trinajstić information content (AvgIpc) is 3.01. The maximum atomic E-state index is 12.3. The standard InChI is InChI=1S/C14H14INO4/c15-7-1-3-8(4-2-7)16-13(17)11-9-5-6-10(20-9)12(11)14(18)19/h1-4,9-12H,5-6H2,(H,16,17)(H,18,19)/t9-,10+,11-,12+/m1/s1. The average molecular weight is 387 g/mol. The molecule has 106 valence electrons. The van der Waals surface area contributed by atoms with Crippen molar-refractivity contribution >= 4 is 40.2 Å². The highest BCUT2D eigenvalue weighted by molar-refractivity contribution is 14.1. The second kappa shape index (κ2) is 5.33. The molecule has 1 aromatic carbocycles. The van der Waals surface area contributed by atoms with E-state index in [-0.39, 0.29) is 18.1 Å². The zero-order chi connectivity index (χ0) is 14.3. The van der Waals surface area contributed by atoms with Gasteiger partial charge >= 0.3 is 5.97 Å². The summed E-state index contributed by atoms with van der Waals surface area (Å²) >= 11 is 2.18. The Morgan fingerprint density at radius 3 is 2.35 bits per heavy atom. The second-order valence-electron chi connectivity index (χ2n) is 5.18. The van der Waals surface area contributed by atoms with Gasteiger partial charge in [-0.25, -0.2) is 0 Å². The monoisotopic (exact) mass is 387 g/mol. The van der Waals surface area contributed by atoms with Gasteiger partial charge in [0.1, 0.15) is 0 Å². The number of carbonyl (C=O) groups excluding carboxylic acids is 1. The van der Waals surface area contributed by atoms with Crippen molar-refractivity contribution in [3.8, 4) is 0 Å². The van der Waals surface area contributed by atoms with Crippen molar-refractivity contribution in [2.75, 3.05) is 5.32 Å². The predicted molar refractivity (Wildman–Crippen MR) is 80.3 cm³/mol. The number of carboxylic acid groups (broad SMARTS) is 1. The van der Waals surface area contributed by atoms with Gasteiger partial charge in [0.05, 0.1) is 24.0 Å². The van der Waals surface area contributed by atoms with E-state index in [0.29, 0.717) is 5.69 Å². The number of aliphatic carboxylic acids is 1. The van der Waals surface area contributed by atoms with Gasteiger partial charge in [-0.3, -0.25) is 9.59 Å². The first-order valence-corrected chi connectivity index (χ1v) is 7.59. The van der Waals surface area contributed by atoms with E-state index in [2.05, 4.69) is 27.9 Å². The van der Waals surface area contributed by atoms with Gasteiger partial charge in [-0.1, -0.05) is 0 Å². The molecule has 2 N–H and O–H groups in total. The van der Waals surface area contributed by atoms with E-state index >= 15 is 0 Å². The van der Waals surface area contributed by atoms with E-state index in [4.69, 9.17) is 4.74 Å². The molecule has 6 heteroatoms. The summed E-state index contributed by atoms with van der Waals surface area (Å²) in [4.78, 5) is 23.7. The molecule has 3 rings (SSSR count). The molecule has 0 radical (unpaired) electrons. The Morgan fingerprint density at radius 2 is 1.75 bits per heavy atom. The normalized spacial score (nSPS) is 31.2. The number of fused-ring (bicyclic) bond motifs is 2. The van der Waals surface area contributed by atoms with Crippen LogP contribution in [0.25, 0.3) is 0 Å². The molecule has 0 saturated carbocycles. The fraction of sp³-hybridized carbons (Fsp3) is 0.429. The van der Waals surface area contributed by atoms with E-state index in [0.717, 1.165) is 16.4 Å². The third-order valence-corrected chi connectivity index (χ3v) is 4.69. The van der Waals surface area contributed by atoms with Gasteiger partial charge in [0.25, 0.3) is 0 Å². The zero-order valence-electron chi connectivity index (χ0n) is 10.6. The number of ether oxygens (including phenoxy) is 1. The van der Waals surface area contributed by atoms with Crippen LogP contribution in [0.2, 0.25) is 0 Å². The topological polar surface area (TPSA) is 75.6 Å². The Kier molecular flexibility index (Phi) is 3.68. The summed E-state index contributed by atoms with van der Waals surface area (Å²) in [6.45, 7) is 0. The molecule has 2 heterocycles. The SMILES string of the molecule is O=C(O)[C@@H]1[C@H](C(=O)Nc2ccc(I)cc2)[C@H]2CC[C@@H]1O2. The van der Waals surface area contributed by atoms with Gasteiger partial charge in [0, 0.05) is 9.26 Å². The molecule has 4 atom stereocenters. The van der Waals surface area contributed by atoms with Crippen LogP contribution in [0.5, 0.6) is 0 Å². The van der Waals surface area contributed by atoms with Crippen molar-refractivity contribution < 1.29 is 19.4 Å². The maximum Gasteiger partial charge on any atom is 0.310 e. The number of carboxylic acids is 1. The van der Waals surface area contributed by atoms with Crippen LogP contribution < -0.4 is 5.32 Å². The van der Waals surface area contributed by atoms with Crippen molar-refractivity contribution in [3.63, 3.8) is 0 Å². The summed E-state index contributed by atoms with van der Waals surface area (Å²) < 4.78 is 6.67. The summed E-state index contributed by atoms with van der Waals surface area (Å²) in [6.07, 6.45) is 0.920. The minimum Gasteiger partial charge on any atom is -0.481 e. The molecule has 2 bridgehead atoms. The molecule has 2 aliphatic rings. The molecule has 2 fully saturated rings. The van der Waals surface area contributed by atoms with Gasteiger partial charge in [-0.15, -0.1) is 0 Å². The quantitative estimate of drug-likeness (QED) is 0.780. The molecule has 20 heavy (non-hydrogen) atoms. The summed E-state index contributed by atoms with van der Waals surface area (Å²) in [5.41, 5.74) is 0.683. The van der Waals surface area contributed by atoms with Gasteiger partial charge in [0.15, 0.2) is 0 Å². The van der Waals surface area contributed by atoms with Crippen LogP contribution in [-0.4, -0.2) is 29.2 Å². The highest BCUT2D eigenvalue weighted by atomic mass is 127. The van der Waals surface area contributed by atoms with Gasteiger partial charge in [-0.2, -0.15) is 0 Å². The van der Waals surface area contributed by atoms with Crippen LogP contribution in [0.3, 0.4) is 0 Å². The fourth-order valence-electron chi connectivity index (χ4n) is 3.08. The maximum absolute atomic E-state index is 12.3. The first-order valence-electron chi connectivity index (χ1n) is 6.51. The Hall–Kier alpha value is -1.15. The molecule has 0 spiro atoms. The van der Waals surface area contributed by atoms with Crippen LogP contribution in [0, 0.1) is 15.4 Å². The molecule has 1 amide bonds. The van der Waals surface area contributed by atoms with Crippen LogP contribution in [0.1, 0.15) is 12.8 Å². The number of nitrogens with one attached hydrogen (secondary N) is 1. The number of amides is 1. The van der Waals surface area contributed by atoms with Crippen molar-refractivity contribution in [2.24, 2.45) is 11.8 Å². The number of anilines is 1. The van der Waals surface area contributed by atoms with Crippen molar-refractivity contribution in [3.05, 3.63) is 27.8 Å². The Balaban J connectivity index is 1.76. The number of rotatable bonds is 3. The molecule has 0 aromatic heterocycles. The Labute approximate surface area is 129 Å². The first kappa shape index (κ1) is 13.8. The fourth-order valence-corrected chi connectivity index (χ4v) is 3.44. The van der Waals surface area contributed by atoms with Crippen LogP contribution in [0.4, 0.5) is 5.69 Å².